The maximum Gasteiger partial charge on any atom is 0.128 e. The van der Waals surface area contributed by atoms with Crippen molar-refractivity contribution in [2.75, 3.05) is 23.3 Å². The summed E-state index contributed by atoms with van der Waals surface area (Å²) in [7, 11) is 0. The molecular weight excluding hydrogens is 289 g/mol. The Morgan fingerprint density at radius 2 is 1.95 bits per heavy atom. The van der Waals surface area contributed by atoms with E-state index in [4.69, 9.17) is 11.6 Å². The summed E-state index contributed by atoms with van der Waals surface area (Å²) in [6.45, 7) is 6.41. The molecule has 0 amide bonds. The van der Waals surface area contributed by atoms with Crippen molar-refractivity contribution in [1.82, 2.24) is 4.98 Å². The van der Waals surface area contributed by atoms with Crippen molar-refractivity contribution in [1.29, 1.82) is 0 Å². The van der Waals surface area contributed by atoms with Crippen LogP contribution in [0.5, 0.6) is 0 Å². The van der Waals surface area contributed by atoms with Crippen LogP contribution >= 0.6 is 11.6 Å². The van der Waals surface area contributed by atoms with Crippen molar-refractivity contribution >= 4 is 23.1 Å². The first kappa shape index (κ1) is 15.6. The Labute approximate surface area is 129 Å². The van der Waals surface area contributed by atoms with Crippen molar-refractivity contribution in [2.24, 2.45) is 0 Å². The Hall–Kier alpha value is -1.81. The van der Waals surface area contributed by atoms with Gasteiger partial charge in [0.2, 0.25) is 0 Å². The highest BCUT2D eigenvalue weighted by atomic mass is 35.5. The van der Waals surface area contributed by atoms with Gasteiger partial charge >= 0.3 is 0 Å². The maximum atomic E-state index is 13.6. The van der Waals surface area contributed by atoms with E-state index in [1.54, 1.807) is 18.3 Å². The molecule has 0 bridgehead atoms. The van der Waals surface area contributed by atoms with Crippen LogP contribution < -0.4 is 10.2 Å². The lowest BCUT2D eigenvalue weighted by Crippen LogP contribution is -2.22. The molecule has 0 spiro atoms. The Bertz CT molecular complexity index is 583. The molecule has 5 heteroatoms. The van der Waals surface area contributed by atoms with Crippen LogP contribution in [0.15, 0.2) is 36.5 Å². The molecule has 0 aliphatic carbocycles. The Morgan fingerprint density at radius 3 is 2.57 bits per heavy atom. The molecular formula is C16H19ClFN3. The molecule has 3 nitrogen and oxygen atoms in total. The predicted octanol–water partition coefficient (Wildman–Crippen LogP) is 4.33. The molecule has 0 saturated heterocycles. The summed E-state index contributed by atoms with van der Waals surface area (Å²) in [6.07, 6.45) is 1.76. The number of halogens is 2. The van der Waals surface area contributed by atoms with E-state index < -0.39 is 0 Å². The zero-order chi connectivity index (χ0) is 15.2. The van der Waals surface area contributed by atoms with Crippen molar-refractivity contribution in [2.45, 2.75) is 20.4 Å². The van der Waals surface area contributed by atoms with E-state index in [9.17, 15) is 4.39 Å². The lowest BCUT2D eigenvalue weighted by atomic mass is 10.2. The predicted molar refractivity (Wildman–Crippen MR) is 86.5 cm³/mol. The summed E-state index contributed by atoms with van der Waals surface area (Å²) in [5.41, 5.74) is 1.39. The van der Waals surface area contributed by atoms with Gasteiger partial charge in [-0.2, -0.15) is 0 Å². The van der Waals surface area contributed by atoms with Crippen molar-refractivity contribution in [3.05, 3.63) is 52.9 Å². The fourth-order valence-corrected chi connectivity index (χ4v) is 2.30. The minimum atomic E-state index is -0.264. The average molecular weight is 308 g/mol. The Balaban J connectivity index is 2.02. The monoisotopic (exact) mass is 307 g/mol. The van der Waals surface area contributed by atoms with Gasteiger partial charge in [0.15, 0.2) is 0 Å². The molecule has 1 heterocycles. The minimum Gasteiger partial charge on any atom is -0.380 e. The summed E-state index contributed by atoms with van der Waals surface area (Å²) in [6, 6.07) is 8.45. The number of hydrogen-bond acceptors (Lipinski definition) is 3. The molecule has 1 N–H and O–H groups in total. The lowest BCUT2D eigenvalue weighted by Gasteiger charge is -2.19. The number of rotatable bonds is 6. The van der Waals surface area contributed by atoms with Crippen LogP contribution in [0.25, 0.3) is 0 Å². The van der Waals surface area contributed by atoms with E-state index in [1.807, 2.05) is 12.1 Å². The van der Waals surface area contributed by atoms with Crippen molar-refractivity contribution in [3.63, 3.8) is 0 Å². The first-order valence-electron chi connectivity index (χ1n) is 7.02. The lowest BCUT2D eigenvalue weighted by molar-refractivity contribution is 0.613. The summed E-state index contributed by atoms with van der Waals surface area (Å²) in [5, 5.41) is 3.68. The van der Waals surface area contributed by atoms with Gasteiger partial charge in [0.05, 0.1) is 11.9 Å². The zero-order valence-corrected chi connectivity index (χ0v) is 13.0. The summed E-state index contributed by atoms with van der Waals surface area (Å²) in [5.74, 6) is 0.680. The minimum absolute atomic E-state index is 0.264. The van der Waals surface area contributed by atoms with Crippen LogP contribution in [-0.2, 0) is 6.54 Å². The van der Waals surface area contributed by atoms with Crippen LogP contribution in [-0.4, -0.2) is 18.1 Å². The summed E-state index contributed by atoms with van der Waals surface area (Å²) in [4.78, 5) is 6.58. The highest BCUT2D eigenvalue weighted by molar-refractivity contribution is 6.30. The van der Waals surface area contributed by atoms with Gasteiger partial charge in [-0.25, -0.2) is 9.37 Å². The fourth-order valence-electron chi connectivity index (χ4n) is 2.10. The van der Waals surface area contributed by atoms with Crippen molar-refractivity contribution in [3.8, 4) is 0 Å². The summed E-state index contributed by atoms with van der Waals surface area (Å²) < 4.78 is 13.6. The van der Waals surface area contributed by atoms with Crippen LogP contribution in [0.2, 0.25) is 5.02 Å². The zero-order valence-electron chi connectivity index (χ0n) is 12.2. The third-order valence-electron chi connectivity index (χ3n) is 3.33. The van der Waals surface area contributed by atoms with Crippen LogP contribution in [0.4, 0.5) is 15.9 Å². The van der Waals surface area contributed by atoms with E-state index >= 15 is 0 Å². The molecule has 21 heavy (non-hydrogen) atoms. The van der Waals surface area contributed by atoms with Gasteiger partial charge in [-0.15, -0.1) is 0 Å². The fraction of sp³-hybridized carbons (Fsp3) is 0.312. The van der Waals surface area contributed by atoms with E-state index in [0.29, 0.717) is 17.1 Å². The molecule has 1 aromatic heterocycles. The Morgan fingerprint density at radius 1 is 1.19 bits per heavy atom. The van der Waals surface area contributed by atoms with Gasteiger partial charge in [0, 0.05) is 30.2 Å². The molecule has 2 rings (SSSR count). The van der Waals surface area contributed by atoms with Gasteiger partial charge in [-0.1, -0.05) is 11.6 Å². The summed E-state index contributed by atoms with van der Waals surface area (Å²) >= 11 is 5.87. The topological polar surface area (TPSA) is 28.2 Å². The van der Waals surface area contributed by atoms with Gasteiger partial charge in [-0.05, 0) is 44.2 Å². The van der Waals surface area contributed by atoms with Crippen molar-refractivity contribution < 1.29 is 4.39 Å². The highest BCUT2D eigenvalue weighted by Crippen LogP contribution is 2.18. The number of benzene rings is 1. The van der Waals surface area contributed by atoms with E-state index in [-0.39, 0.29) is 5.82 Å². The largest absolute Gasteiger partial charge is 0.380 e. The second kappa shape index (κ2) is 7.27. The molecule has 112 valence electrons. The standard InChI is InChI=1S/C16H19ClFN3/c1-3-21(4-2)16-8-6-14(11-20-16)19-10-12-9-13(17)5-7-15(12)18/h5-9,11,19H,3-4,10H2,1-2H3. The van der Waals surface area contributed by atoms with E-state index in [2.05, 4.69) is 29.0 Å². The molecule has 1 aromatic carbocycles. The van der Waals surface area contributed by atoms with Gasteiger partial charge in [0.1, 0.15) is 11.6 Å². The first-order chi connectivity index (χ1) is 10.1. The number of nitrogens with zero attached hydrogens (tertiary/aromatic N) is 2. The molecule has 0 saturated carbocycles. The molecule has 0 radical (unpaired) electrons. The molecule has 0 atom stereocenters. The number of pyridine rings is 1. The number of anilines is 2. The Kier molecular flexibility index (Phi) is 5.39. The number of aromatic nitrogens is 1. The second-order valence-electron chi connectivity index (χ2n) is 4.67. The number of nitrogens with one attached hydrogen (secondary N) is 1. The molecule has 0 aliphatic heterocycles. The average Bonchev–Trinajstić information content (AvgIpc) is 2.51. The first-order valence-corrected chi connectivity index (χ1v) is 7.40. The molecule has 0 fully saturated rings. The van der Waals surface area contributed by atoms with Gasteiger partial charge in [0.25, 0.3) is 0 Å². The van der Waals surface area contributed by atoms with E-state index in [0.717, 1.165) is 24.6 Å². The normalized spacial score (nSPS) is 10.5. The smallest absolute Gasteiger partial charge is 0.128 e. The van der Waals surface area contributed by atoms with Gasteiger partial charge < -0.3 is 10.2 Å². The maximum absolute atomic E-state index is 13.6. The van der Waals surface area contributed by atoms with Gasteiger partial charge in [-0.3, -0.25) is 0 Å². The van der Waals surface area contributed by atoms with Crippen LogP contribution in [0.3, 0.4) is 0 Å². The number of hydrogen-bond donors (Lipinski definition) is 1. The van der Waals surface area contributed by atoms with E-state index in [1.165, 1.54) is 6.07 Å². The molecule has 2 aromatic rings. The molecule has 0 aliphatic rings. The van der Waals surface area contributed by atoms with Crippen LogP contribution in [0, 0.1) is 5.82 Å². The highest BCUT2D eigenvalue weighted by Gasteiger charge is 2.05. The third kappa shape index (κ3) is 4.08. The second-order valence-corrected chi connectivity index (χ2v) is 5.10. The molecule has 0 unspecified atom stereocenters. The van der Waals surface area contributed by atoms with Crippen LogP contribution in [0.1, 0.15) is 19.4 Å². The SMILES string of the molecule is CCN(CC)c1ccc(NCc2cc(Cl)ccc2F)cn1. The third-order valence-corrected chi connectivity index (χ3v) is 3.56. The quantitative estimate of drug-likeness (QED) is 0.861.